The summed E-state index contributed by atoms with van der Waals surface area (Å²) in [6.07, 6.45) is 1.72. The van der Waals surface area contributed by atoms with Crippen molar-refractivity contribution in [3.05, 3.63) is 24.9 Å². The van der Waals surface area contributed by atoms with Gasteiger partial charge in [-0.2, -0.15) is 0 Å². The number of rotatable bonds is 4. The van der Waals surface area contributed by atoms with E-state index in [2.05, 4.69) is 13.2 Å². The van der Waals surface area contributed by atoms with Gasteiger partial charge in [-0.1, -0.05) is 12.7 Å². The third kappa shape index (κ3) is 2.24. The minimum absolute atomic E-state index is 0.0199. The van der Waals surface area contributed by atoms with Crippen LogP contribution >= 0.6 is 0 Å². The second kappa shape index (κ2) is 3.98. The summed E-state index contributed by atoms with van der Waals surface area (Å²) < 4.78 is 0. The SMILES string of the molecule is C=CCN1CCN(CC(=C)N)C1=O. The van der Waals surface area contributed by atoms with Crippen molar-refractivity contribution in [2.75, 3.05) is 26.2 Å². The van der Waals surface area contributed by atoms with Gasteiger partial charge in [0.1, 0.15) is 0 Å². The molecule has 0 bridgehead atoms. The van der Waals surface area contributed by atoms with E-state index in [9.17, 15) is 4.79 Å². The van der Waals surface area contributed by atoms with Crippen molar-refractivity contribution in [3.63, 3.8) is 0 Å². The number of urea groups is 1. The summed E-state index contributed by atoms with van der Waals surface area (Å²) >= 11 is 0. The van der Waals surface area contributed by atoms with Crippen molar-refractivity contribution >= 4 is 6.03 Å². The molecular formula is C9H15N3O. The van der Waals surface area contributed by atoms with Crippen molar-refractivity contribution in [2.24, 2.45) is 5.73 Å². The van der Waals surface area contributed by atoms with Crippen LogP contribution in [-0.4, -0.2) is 42.0 Å². The Morgan fingerprint density at radius 2 is 2.15 bits per heavy atom. The lowest BCUT2D eigenvalue weighted by Crippen LogP contribution is -2.34. The molecule has 1 aliphatic rings. The lowest BCUT2D eigenvalue weighted by Gasteiger charge is -2.16. The Morgan fingerprint density at radius 1 is 1.54 bits per heavy atom. The molecule has 1 saturated heterocycles. The van der Waals surface area contributed by atoms with Crippen LogP contribution in [0.5, 0.6) is 0 Å². The number of hydrogen-bond donors (Lipinski definition) is 1. The van der Waals surface area contributed by atoms with Gasteiger partial charge < -0.3 is 15.5 Å². The van der Waals surface area contributed by atoms with E-state index in [0.29, 0.717) is 18.8 Å². The van der Waals surface area contributed by atoms with Crippen molar-refractivity contribution < 1.29 is 4.79 Å². The van der Waals surface area contributed by atoms with Gasteiger partial charge in [-0.05, 0) is 0 Å². The molecule has 1 heterocycles. The highest BCUT2D eigenvalue weighted by Crippen LogP contribution is 2.08. The molecule has 72 valence electrons. The van der Waals surface area contributed by atoms with E-state index in [0.717, 1.165) is 13.1 Å². The minimum atomic E-state index is 0.0199. The zero-order chi connectivity index (χ0) is 9.84. The van der Waals surface area contributed by atoms with Crippen LogP contribution in [0.15, 0.2) is 24.9 Å². The van der Waals surface area contributed by atoms with Gasteiger partial charge in [0.15, 0.2) is 0 Å². The van der Waals surface area contributed by atoms with Gasteiger partial charge >= 0.3 is 6.03 Å². The van der Waals surface area contributed by atoms with Crippen molar-refractivity contribution in [1.82, 2.24) is 9.80 Å². The summed E-state index contributed by atoms with van der Waals surface area (Å²) in [6, 6.07) is 0.0199. The van der Waals surface area contributed by atoms with Crippen LogP contribution in [0, 0.1) is 0 Å². The van der Waals surface area contributed by atoms with Crippen LogP contribution in [0.1, 0.15) is 0 Å². The van der Waals surface area contributed by atoms with E-state index in [1.54, 1.807) is 15.9 Å². The monoisotopic (exact) mass is 181 g/mol. The average Bonchev–Trinajstić information content (AvgIpc) is 2.36. The summed E-state index contributed by atoms with van der Waals surface area (Å²) in [5.74, 6) is 0. The van der Waals surface area contributed by atoms with Crippen LogP contribution in [-0.2, 0) is 0 Å². The number of nitrogens with zero attached hydrogens (tertiary/aromatic N) is 2. The largest absolute Gasteiger partial charge is 0.401 e. The fraction of sp³-hybridized carbons (Fsp3) is 0.444. The zero-order valence-corrected chi connectivity index (χ0v) is 7.70. The molecule has 2 amide bonds. The molecule has 0 radical (unpaired) electrons. The Bertz CT molecular complexity index is 237. The van der Waals surface area contributed by atoms with Crippen molar-refractivity contribution in [1.29, 1.82) is 0 Å². The first-order valence-electron chi connectivity index (χ1n) is 4.23. The standard InChI is InChI=1S/C9H15N3O/c1-3-4-11-5-6-12(9(11)13)7-8(2)10/h3H,1-2,4-7,10H2. The summed E-state index contributed by atoms with van der Waals surface area (Å²) in [5, 5.41) is 0. The van der Waals surface area contributed by atoms with Crippen LogP contribution in [0.25, 0.3) is 0 Å². The topological polar surface area (TPSA) is 49.6 Å². The van der Waals surface area contributed by atoms with Crippen LogP contribution in [0.2, 0.25) is 0 Å². The van der Waals surface area contributed by atoms with Gasteiger partial charge in [-0.25, -0.2) is 4.79 Å². The zero-order valence-electron chi connectivity index (χ0n) is 7.70. The van der Waals surface area contributed by atoms with Gasteiger partial charge in [0.25, 0.3) is 0 Å². The summed E-state index contributed by atoms with van der Waals surface area (Å²) in [6.45, 7) is 9.69. The van der Waals surface area contributed by atoms with E-state index < -0.39 is 0 Å². The molecule has 13 heavy (non-hydrogen) atoms. The molecule has 1 rings (SSSR count). The molecule has 0 aromatic rings. The molecule has 0 saturated carbocycles. The first-order chi connectivity index (χ1) is 6.15. The third-order valence-electron chi connectivity index (χ3n) is 1.92. The highest BCUT2D eigenvalue weighted by Gasteiger charge is 2.26. The molecule has 1 aliphatic heterocycles. The van der Waals surface area contributed by atoms with Gasteiger partial charge in [0, 0.05) is 25.3 Å². The molecule has 2 N–H and O–H groups in total. The normalized spacial score (nSPS) is 16.5. The minimum Gasteiger partial charge on any atom is -0.401 e. The summed E-state index contributed by atoms with van der Waals surface area (Å²) in [5.41, 5.74) is 5.95. The summed E-state index contributed by atoms with van der Waals surface area (Å²) in [4.78, 5) is 15.0. The molecule has 4 nitrogen and oxygen atoms in total. The predicted molar refractivity (Wildman–Crippen MR) is 52.1 cm³/mol. The van der Waals surface area contributed by atoms with E-state index in [1.807, 2.05) is 0 Å². The molecule has 4 heteroatoms. The van der Waals surface area contributed by atoms with Gasteiger partial charge in [-0.15, -0.1) is 6.58 Å². The lowest BCUT2D eigenvalue weighted by atomic mass is 10.4. The highest BCUT2D eigenvalue weighted by atomic mass is 16.2. The molecule has 1 fully saturated rings. The Hall–Kier alpha value is -1.45. The maximum Gasteiger partial charge on any atom is 0.320 e. The first kappa shape index (κ1) is 9.64. The quantitative estimate of drug-likeness (QED) is 0.637. The lowest BCUT2D eigenvalue weighted by molar-refractivity contribution is 0.198. The fourth-order valence-electron chi connectivity index (χ4n) is 1.35. The van der Waals surface area contributed by atoms with Crippen LogP contribution in [0.3, 0.4) is 0 Å². The van der Waals surface area contributed by atoms with E-state index in [4.69, 9.17) is 5.73 Å². The van der Waals surface area contributed by atoms with Crippen molar-refractivity contribution in [3.8, 4) is 0 Å². The Labute approximate surface area is 78.3 Å². The van der Waals surface area contributed by atoms with Gasteiger partial charge in [0.05, 0.1) is 6.54 Å². The molecule has 0 atom stereocenters. The van der Waals surface area contributed by atoms with Crippen LogP contribution in [0.4, 0.5) is 4.79 Å². The molecule has 0 aromatic carbocycles. The maximum atomic E-state index is 11.5. The number of carbonyl (C=O) groups is 1. The average molecular weight is 181 g/mol. The van der Waals surface area contributed by atoms with Crippen molar-refractivity contribution in [2.45, 2.75) is 0 Å². The molecule has 0 aromatic heterocycles. The summed E-state index contributed by atoms with van der Waals surface area (Å²) in [7, 11) is 0. The Balaban J connectivity index is 2.49. The molecule has 0 aliphatic carbocycles. The van der Waals surface area contributed by atoms with Crippen LogP contribution < -0.4 is 5.73 Å². The fourth-order valence-corrected chi connectivity index (χ4v) is 1.35. The second-order valence-electron chi connectivity index (χ2n) is 3.10. The molecule has 0 spiro atoms. The first-order valence-corrected chi connectivity index (χ1v) is 4.23. The highest BCUT2D eigenvalue weighted by molar-refractivity contribution is 5.76. The Kier molecular flexibility index (Phi) is 2.95. The second-order valence-corrected chi connectivity index (χ2v) is 3.10. The predicted octanol–water partition coefficient (Wildman–Crippen LogP) is 0.382. The molecular weight excluding hydrogens is 166 g/mol. The third-order valence-corrected chi connectivity index (χ3v) is 1.92. The van der Waals surface area contributed by atoms with E-state index in [1.165, 1.54) is 0 Å². The number of carbonyl (C=O) groups excluding carboxylic acids is 1. The number of hydrogen-bond acceptors (Lipinski definition) is 2. The molecule has 0 unspecified atom stereocenters. The Morgan fingerprint density at radius 3 is 2.69 bits per heavy atom. The van der Waals surface area contributed by atoms with Gasteiger partial charge in [0.2, 0.25) is 0 Å². The van der Waals surface area contributed by atoms with E-state index >= 15 is 0 Å². The smallest absolute Gasteiger partial charge is 0.320 e. The van der Waals surface area contributed by atoms with E-state index in [-0.39, 0.29) is 6.03 Å². The number of amides is 2. The van der Waals surface area contributed by atoms with Gasteiger partial charge in [-0.3, -0.25) is 0 Å². The number of nitrogens with two attached hydrogens (primary N) is 1. The maximum absolute atomic E-state index is 11.5.